The third kappa shape index (κ3) is 3.78. The minimum absolute atomic E-state index is 0.228. The Morgan fingerprint density at radius 2 is 2.04 bits per heavy atom. The molecule has 0 bridgehead atoms. The van der Waals surface area contributed by atoms with Crippen molar-refractivity contribution in [1.29, 1.82) is 0 Å². The van der Waals surface area contributed by atoms with E-state index in [1.807, 2.05) is 30.0 Å². The van der Waals surface area contributed by atoms with E-state index in [-0.39, 0.29) is 5.91 Å². The molecule has 5 heteroatoms. The summed E-state index contributed by atoms with van der Waals surface area (Å²) >= 11 is 1.54. The van der Waals surface area contributed by atoms with E-state index in [2.05, 4.69) is 6.07 Å². The third-order valence-corrected chi connectivity index (χ3v) is 5.29. The molecule has 122 valence electrons. The van der Waals surface area contributed by atoms with Crippen LogP contribution in [0.5, 0.6) is 5.75 Å². The van der Waals surface area contributed by atoms with Crippen molar-refractivity contribution in [2.45, 2.75) is 31.2 Å². The zero-order valence-corrected chi connectivity index (χ0v) is 14.5. The van der Waals surface area contributed by atoms with E-state index in [4.69, 9.17) is 9.72 Å². The fourth-order valence-corrected chi connectivity index (χ4v) is 3.77. The van der Waals surface area contributed by atoms with Crippen LogP contribution < -0.4 is 4.74 Å². The highest BCUT2D eigenvalue weighted by Gasteiger charge is 2.17. The Morgan fingerprint density at radius 1 is 1.26 bits per heavy atom. The molecule has 23 heavy (non-hydrogen) atoms. The molecule has 0 spiro atoms. The van der Waals surface area contributed by atoms with Crippen LogP contribution in [0.15, 0.2) is 29.3 Å². The molecule has 0 aliphatic carbocycles. The maximum atomic E-state index is 12.3. The Balaban J connectivity index is 1.72. The number of benzene rings is 1. The molecule has 3 rings (SSSR count). The number of nitrogens with zero attached hydrogens (tertiary/aromatic N) is 2. The van der Waals surface area contributed by atoms with E-state index >= 15 is 0 Å². The minimum atomic E-state index is 0.228. The number of methoxy groups -OCH3 is 1. The van der Waals surface area contributed by atoms with Crippen molar-refractivity contribution in [3.63, 3.8) is 0 Å². The average molecular weight is 330 g/mol. The second-order valence-electron chi connectivity index (χ2n) is 5.90. The molecule has 0 radical (unpaired) electrons. The van der Waals surface area contributed by atoms with Crippen LogP contribution in [0.3, 0.4) is 0 Å². The second kappa shape index (κ2) is 7.21. The lowest BCUT2D eigenvalue weighted by Gasteiger charge is -2.26. The molecule has 1 fully saturated rings. The number of aromatic nitrogens is 1. The molecule has 1 aliphatic heterocycles. The van der Waals surface area contributed by atoms with Gasteiger partial charge in [0.15, 0.2) is 0 Å². The molecule has 0 unspecified atom stereocenters. The molecular weight excluding hydrogens is 308 g/mol. The van der Waals surface area contributed by atoms with Gasteiger partial charge in [0, 0.05) is 18.5 Å². The molecule has 4 nitrogen and oxygen atoms in total. The number of aryl methyl sites for hydroxylation is 1. The molecule has 2 aromatic rings. The standard InChI is InChI=1S/C18H22N2O2S/c1-13-10-14-11-15(22-2)6-7-16(14)19-18(13)23-12-17(21)20-8-4-3-5-9-20/h6-7,10-11H,3-5,8-9,12H2,1-2H3. The molecule has 2 heterocycles. The number of likely N-dealkylation sites (tertiary alicyclic amines) is 1. The van der Waals surface area contributed by atoms with Crippen molar-refractivity contribution in [3.8, 4) is 5.75 Å². The van der Waals surface area contributed by atoms with Crippen LogP contribution in [0.1, 0.15) is 24.8 Å². The first-order valence-electron chi connectivity index (χ1n) is 8.03. The Kier molecular flexibility index (Phi) is 5.06. The number of amides is 1. The minimum Gasteiger partial charge on any atom is -0.497 e. The van der Waals surface area contributed by atoms with Crippen molar-refractivity contribution in [3.05, 3.63) is 29.8 Å². The van der Waals surface area contributed by atoms with Crippen molar-refractivity contribution in [2.75, 3.05) is 26.0 Å². The SMILES string of the molecule is COc1ccc2nc(SCC(=O)N3CCCCC3)c(C)cc2c1. The molecule has 1 aromatic heterocycles. The van der Waals surface area contributed by atoms with Gasteiger partial charge >= 0.3 is 0 Å². The van der Waals surface area contributed by atoms with E-state index in [1.165, 1.54) is 6.42 Å². The maximum absolute atomic E-state index is 12.3. The summed E-state index contributed by atoms with van der Waals surface area (Å²) < 4.78 is 5.26. The van der Waals surface area contributed by atoms with Gasteiger partial charge in [0.1, 0.15) is 10.8 Å². The smallest absolute Gasteiger partial charge is 0.232 e. The summed E-state index contributed by atoms with van der Waals surface area (Å²) in [4.78, 5) is 19.0. The molecular formula is C18H22N2O2S. The van der Waals surface area contributed by atoms with Crippen LogP contribution in [-0.4, -0.2) is 41.7 Å². The van der Waals surface area contributed by atoms with Crippen molar-refractivity contribution < 1.29 is 9.53 Å². The van der Waals surface area contributed by atoms with E-state index in [9.17, 15) is 4.79 Å². The molecule has 0 atom stereocenters. The Morgan fingerprint density at radius 3 is 2.78 bits per heavy atom. The predicted molar refractivity (Wildman–Crippen MR) is 94.2 cm³/mol. The van der Waals surface area contributed by atoms with Crippen LogP contribution in [0.25, 0.3) is 10.9 Å². The monoisotopic (exact) mass is 330 g/mol. The number of hydrogen-bond donors (Lipinski definition) is 0. The normalized spacial score (nSPS) is 15.0. The van der Waals surface area contributed by atoms with Crippen molar-refractivity contribution in [1.82, 2.24) is 9.88 Å². The molecule has 1 aliphatic rings. The van der Waals surface area contributed by atoms with Gasteiger partial charge in [0.05, 0.1) is 18.4 Å². The first-order valence-corrected chi connectivity index (χ1v) is 9.02. The first-order chi connectivity index (χ1) is 11.2. The number of ether oxygens (including phenoxy) is 1. The lowest BCUT2D eigenvalue weighted by molar-refractivity contribution is -0.129. The molecule has 0 N–H and O–H groups in total. The largest absolute Gasteiger partial charge is 0.497 e. The predicted octanol–water partition coefficient (Wildman–Crippen LogP) is 3.66. The van der Waals surface area contributed by atoms with Gasteiger partial charge < -0.3 is 9.64 Å². The van der Waals surface area contributed by atoms with Gasteiger partial charge in [-0.1, -0.05) is 11.8 Å². The van der Waals surface area contributed by atoms with Gasteiger partial charge in [-0.15, -0.1) is 0 Å². The number of fused-ring (bicyclic) bond motifs is 1. The van der Waals surface area contributed by atoms with Crippen molar-refractivity contribution in [2.24, 2.45) is 0 Å². The van der Waals surface area contributed by atoms with Crippen molar-refractivity contribution >= 4 is 28.6 Å². The quantitative estimate of drug-likeness (QED) is 0.803. The molecule has 1 saturated heterocycles. The molecule has 1 aromatic carbocycles. The van der Waals surface area contributed by atoms with E-state index in [1.54, 1.807) is 18.9 Å². The maximum Gasteiger partial charge on any atom is 0.232 e. The summed E-state index contributed by atoms with van der Waals surface area (Å²) in [7, 11) is 1.66. The third-order valence-electron chi connectivity index (χ3n) is 4.21. The van der Waals surface area contributed by atoms with Crippen LogP contribution in [0.2, 0.25) is 0 Å². The van der Waals surface area contributed by atoms with Crippen LogP contribution in [-0.2, 0) is 4.79 Å². The van der Waals surface area contributed by atoms with Crippen LogP contribution in [0, 0.1) is 6.92 Å². The molecule has 1 amide bonds. The van der Waals surface area contributed by atoms with E-state index < -0.39 is 0 Å². The number of carbonyl (C=O) groups excluding carboxylic acids is 1. The fraction of sp³-hybridized carbons (Fsp3) is 0.444. The van der Waals surface area contributed by atoms with E-state index in [0.717, 1.165) is 53.2 Å². The summed E-state index contributed by atoms with van der Waals surface area (Å²) in [6.45, 7) is 3.85. The topological polar surface area (TPSA) is 42.4 Å². The number of pyridine rings is 1. The van der Waals surface area contributed by atoms with Gasteiger partial charge in [-0.25, -0.2) is 4.98 Å². The summed E-state index contributed by atoms with van der Waals surface area (Å²) in [6.07, 6.45) is 3.50. The van der Waals surface area contributed by atoms with Gasteiger partial charge in [0.25, 0.3) is 0 Å². The number of rotatable bonds is 4. The first kappa shape index (κ1) is 16.1. The fourth-order valence-electron chi connectivity index (χ4n) is 2.88. The number of thioether (sulfide) groups is 1. The molecule has 0 saturated carbocycles. The summed E-state index contributed by atoms with van der Waals surface area (Å²) in [5.74, 6) is 1.53. The van der Waals surface area contributed by atoms with Gasteiger partial charge in [-0.2, -0.15) is 0 Å². The van der Waals surface area contributed by atoms with Gasteiger partial charge in [-0.05, 0) is 56.0 Å². The average Bonchev–Trinajstić information content (AvgIpc) is 2.60. The number of carbonyl (C=O) groups is 1. The van der Waals surface area contributed by atoms with Gasteiger partial charge in [-0.3, -0.25) is 4.79 Å². The van der Waals surface area contributed by atoms with Crippen LogP contribution >= 0.6 is 11.8 Å². The Hall–Kier alpha value is -1.75. The lowest BCUT2D eigenvalue weighted by atomic mass is 10.1. The van der Waals surface area contributed by atoms with E-state index in [0.29, 0.717) is 5.75 Å². The Labute approximate surface area is 141 Å². The highest BCUT2D eigenvalue weighted by Crippen LogP contribution is 2.27. The summed E-state index contributed by atoms with van der Waals surface area (Å²) in [6, 6.07) is 7.98. The highest BCUT2D eigenvalue weighted by molar-refractivity contribution is 7.99. The number of piperidine rings is 1. The van der Waals surface area contributed by atoms with Gasteiger partial charge in [0.2, 0.25) is 5.91 Å². The summed E-state index contributed by atoms with van der Waals surface area (Å²) in [5.41, 5.74) is 2.03. The summed E-state index contributed by atoms with van der Waals surface area (Å²) in [5, 5.41) is 2.00. The zero-order chi connectivity index (χ0) is 16.2. The second-order valence-corrected chi connectivity index (χ2v) is 6.86. The lowest BCUT2D eigenvalue weighted by Crippen LogP contribution is -2.36. The zero-order valence-electron chi connectivity index (χ0n) is 13.7. The highest BCUT2D eigenvalue weighted by atomic mass is 32.2. The van der Waals surface area contributed by atoms with Crippen LogP contribution in [0.4, 0.5) is 0 Å². The number of hydrogen-bond acceptors (Lipinski definition) is 4. The Bertz CT molecular complexity index is 711.